The Labute approximate surface area is 160 Å². The van der Waals surface area contributed by atoms with Crippen LogP contribution in [-0.4, -0.2) is 29.2 Å². The highest BCUT2D eigenvalue weighted by atomic mass is 35.5. The molecule has 1 aliphatic rings. The van der Waals surface area contributed by atoms with Gasteiger partial charge in [0.15, 0.2) is 0 Å². The van der Waals surface area contributed by atoms with Crippen LogP contribution in [0.15, 0.2) is 53.5 Å². The van der Waals surface area contributed by atoms with Gasteiger partial charge in [-0.25, -0.2) is 4.99 Å². The van der Waals surface area contributed by atoms with Crippen LogP contribution in [0.1, 0.15) is 5.56 Å². The number of hydrogen-bond donors (Lipinski definition) is 1. The summed E-state index contributed by atoms with van der Waals surface area (Å²) in [5.41, 5.74) is 2.24. The molecule has 0 spiro atoms. The standard InChI is InChI=1S/C18H17ClN2O2S2/c19-14-5-7-15(8-6-14)23-10-9-20-17(22)12-25-18-21-16-4-2-1-3-13(16)11-24-18/h1-8H,9-12H2,(H,20,22). The summed E-state index contributed by atoms with van der Waals surface area (Å²) < 4.78 is 6.47. The number of nitrogens with zero attached hydrogens (tertiary/aromatic N) is 1. The predicted molar refractivity (Wildman–Crippen MR) is 107 cm³/mol. The molecule has 0 saturated carbocycles. The lowest BCUT2D eigenvalue weighted by atomic mass is 10.2. The second-order valence-corrected chi connectivity index (χ2v) is 7.86. The van der Waals surface area contributed by atoms with E-state index in [2.05, 4.69) is 16.4 Å². The molecule has 1 heterocycles. The lowest BCUT2D eigenvalue weighted by Gasteiger charge is -2.14. The molecule has 0 aromatic heterocycles. The summed E-state index contributed by atoms with van der Waals surface area (Å²) in [4.78, 5) is 16.5. The van der Waals surface area contributed by atoms with Crippen LogP contribution in [0.3, 0.4) is 0 Å². The topological polar surface area (TPSA) is 50.7 Å². The number of thioether (sulfide) groups is 2. The highest BCUT2D eigenvalue weighted by Gasteiger charge is 2.13. The first kappa shape index (κ1) is 18.2. The number of carbonyl (C=O) groups excluding carboxylic acids is 1. The third-order valence-electron chi connectivity index (χ3n) is 3.39. The zero-order valence-corrected chi connectivity index (χ0v) is 15.8. The molecule has 2 aromatic rings. The minimum Gasteiger partial charge on any atom is -0.492 e. The Morgan fingerprint density at radius 1 is 1.24 bits per heavy atom. The smallest absolute Gasteiger partial charge is 0.230 e. The summed E-state index contributed by atoms with van der Waals surface area (Å²) in [5.74, 6) is 1.97. The molecule has 0 saturated heterocycles. The summed E-state index contributed by atoms with van der Waals surface area (Å²) in [5, 5.41) is 3.52. The lowest BCUT2D eigenvalue weighted by Crippen LogP contribution is -2.29. The van der Waals surface area contributed by atoms with Gasteiger partial charge >= 0.3 is 0 Å². The van der Waals surface area contributed by atoms with Gasteiger partial charge in [0, 0.05) is 10.8 Å². The molecule has 25 heavy (non-hydrogen) atoms. The summed E-state index contributed by atoms with van der Waals surface area (Å²) in [7, 11) is 0. The van der Waals surface area contributed by atoms with Gasteiger partial charge in [-0.05, 0) is 35.9 Å². The van der Waals surface area contributed by atoms with Gasteiger partial charge in [-0.3, -0.25) is 4.79 Å². The van der Waals surface area contributed by atoms with Crippen molar-refractivity contribution in [2.75, 3.05) is 18.9 Å². The fraction of sp³-hybridized carbons (Fsp3) is 0.222. The number of aliphatic imine (C=N–C) groups is 1. The fourth-order valence-electron chi connectivity index (χ4n) is 2.15. The number of ether oxygens (including phenoxy) is 1. The highest BCUT2D eigenvalue weighted by molar-refractivity contribution is 8.38. The second kappa shape index (κ2) is 9.17. The molecule has 1 amide bonds. The number of halogens is 1. The monoisotopic (exact) mass is 392 g/mol. The predicted octanol–water partition coefficient (Wildman–Crippen LogP) is 4.50. The van der Waals surface area contributed by atoms with Gasteiger partial charge < -0.3 is 10.1 Å². The molecule has 0 unspecified atom stereocenters. The van der Waals surface area contributed by atoms with Crippen molar-refractivity contribution in [3.8, 4) is 5.75 Å². The van der Waals surface area contributed by atoms with E-state index in [4.69, 9.17) is 16.3 Å². The molecule has 4 nitrogen and oxygen atoms in total. The molecular formula is C18H17ClN2O2S2. The van der Waals surface area contributed by atoms with E-state index in [1.165, 1.54) is 17.3 Å². The van der Waals surface area contributed by atoms with E-state index in [-0.39, 0.29) is 5.91 Å². The number of carbonyl (C=O) groups is 1. The van der Waals surface area contributed by atoms with Crippen LogP contribution in [0.4, 0.5) is 5.69 Å². The summed E-state index contributed by atoms with van der Waals surface area (Å²) >= 11 is 8.96. The molecule has 0 bridgehead atoms. The Balaban J connectivity index is 1.36. The average Bonchev–Trinajstić information content (AvgIpc) is 2.65. The van der Waals surface area contributed by atoms with Gasteiger partial charge in [0.2, 0.25) is 5.91 Å². The molecule has 1 aliphatic heterocycles. The average molecular weight is 393 g/mol. The summed E-state index contributed by atoms with van der Waals surface area (Å²) in [6, 6.07) is 15.2. The first-order chi connectivity index (χ1) is 12.2. The van der Waals surface area contributed by atoms with Crippen LogP contribution in [0, 0.1) is 0 Å². The van der Waals surface area contributed by atoms with Gasteiger partial charge in [-0.1, -0.05) is 53.3 Å². The van der Waals surface area contributed by atoms with Crippen molar-refractivity contribution in [1.82, 2.24) is 5.32 Å². The van der Waals surface area contributed by atoms with Gasteiger partial charge in [0.1, 0.15) is 16.7 Å². The van der Waals surface area contributed by atoms with Crippen molar-refractivity contribution in [1.29, 1.82) is 0 Å². The molecule has 0 fully saturated rings. The van der Waals surface area contributed by atoms with E-state index in [9.17, 15) is 4.79 Å². The molecule has 130 valence electrons. The van der Waals surface area contributed by atoms with Gasteiger partial charge in [0.25, 0.3) is 0 Å². The van der Waals surface area contributed by atoms with Crippen LogP contribution in [0.2, 0.25) is 5.02 Å². The van der Waals surface area contributed by atoms with Gasteiger partial charge in [-0.15, -0.1) is 0 Å². The quantitative estimate of drug-likeness (QED) is 0.735. The third kappa shape index (κ3) is 5.70. The molecule has 2 aromatic carbocycles. The Bertz CT molecular complexity index is 766. The second-order valence-electron chi connectivity index (χ2n) is 5.24. The Morgan fingerprint density at radius 3 is 2.88 bits per heavy atom. The minimum atomic E-state index is -0.0214. The molecule has 0 radical (unpaired) electrons. The van der Waals surface area contributed by atoms with E-state index >= 15 is 0 Å². The third-order valence-corrected chi connectivity index (χ3v) is 5.89. The molecule has 7 heteroatoms. The summed E-state index contributed by atoms with van der Waals surface area (Å²) in [6.45, 7) is 0.881. The SMILES string of the molecule is O=C(CSC1=Nc2ccccc2CS1)NCCOc1ccc(Cl)cc1. The fourth-order valence-corrected chi connectivity index (χ4v) is 4.17. The number of para-hydroxylation sites is 1. The molecule has 3 rings (SSSR count). The van der Waals surface area contributed by atoms with Gasteiger partial charge in [0.05, 0.1) is 18.0 Å². The first-order valence-electron chi connectivity index (χ1n) is 7.78. The van der Waals surface area contributed by atoms with Crippen LogP contribution in [0.25, 0.3) is 0 Å². The normalized spacial score (nSPS) is 12.9. The zero-order chi connectivity index (χ0) is 17.5. The van der Waals surface area contributed by atoms with Crippen molar-refractivity contribution >= 4 is 51.1 Å². The van der Waals surface area contributed by atoms with Crippen LogP contribution < -0.4 is 10.1 Å². The maximum atomic E-state index is 11.9. The van der Waals surface area contributed by atoms with Crippen molar-refractivity contribution in [2.45, 2.75) is 5.75 Å². The van der Waals surface area contributed by atoms with E-state index in [1.807, 2.05) is 18.2 Å². The summed E-state index contributed by atoms with van der Waals surface area (Å²) in [6.07, 6.45) is 0. The van der Waals surface area contributed by atoms with Gasteiger partial charge in [-0.2, -0.15) is 0 Å². The number of fused-ring (bicyclic) bond motifs is 1. The Kier molecular flexibility index (Phi) is 6.67. The van der Waals surface area contributed by atoms with Crippen LogP contribution in [0.5, 0.6) is 5.75 Å². The first-order valence-corrected chi connectivity index (χ1v) is 10.1. The number of hydrogen-bond acceptors (Lipinski definition) is 5. The Morgan fingerprint density at radius 2 is 2.04 bits per heavy atom. The number of nitrogens with one attached hydrogen (secondary N) is 1. The minimum absolute atomic E-state index is 0.0214. The van der Waals surface area contributed by atoms with Crippen LogP contribution in [-0.2, 0) is 10.5 Å². The molecular weight excluding hydrogens is 376 g/mol. The Hall–Kier alpha value is -1.63. The van der Waals surface area contributed by atoms with Crippen molar-refractivity contribution < 1.29 is 9.53 Å². The molecule has 0 atom stereocenters. The lowest BCUT2D eigenvalue weighted by molar-refractivity contribution is -0.118. The largest absolute Gasteiger partial charge is 0.492 e. The maximum Gasteiger partial charge on any atom is 0.230 e. The zero-order valence-electron chi connectivity index (χ0n) is 13.4. The number of rotatable bonds is 6. The number of benzene rings is 2. The molecule has 1 N–H and O–H groups in total. The van der Waals surface area contributed by atoms with Crippen molar-refractivity contribution in [2.24, 2.45) is 4.99 Å². The van der Waals surface area contributed by atoms with Crippen LogP contribution >= 0.6 is 35.1 Å². The van der Waals surface area contributed by atoms with E-state index in [0.29, 0.717) is 23.9 Å². The van der Waals surface area contributed by atoms with E-state index in [0.717, 1.165) is 21.6 Å². The maximum absolute atomic E-state index is 11.9. The van der Waals surface area contributed by atoms with Crippen molar-refractivity contribution in [3.05, 3.63) is 59.1 Å². The number of amides is 1. The van der Waals surface area contributed by atoms with E-state index < -0.39 is 0 Å². The highest BCUT2D eigenvalue weighted by Crippen LogP contribution is 2.34. The molecule has 0 aliphatic carbocycles. The van der Waals surface area contributed by atoms with Crippen molar-refractivity contribution in [3.63, 3.8) is 0 Å². The van der Waals surface area contributed by atoms with E-state index in [1.54, 1.807) is 36.0 Å².